The van der Waals surface area contributed by atoms with E-state index in [-0.39, 0.29) is 28.1 Å². The van der Waals surface area contributed by atoms with E-state index in [1.54, 1.807) is 0 Å². The molecule has 0 unspecified atom stereocenters. The van der Waals surface area contributed by atoms with Gasteiger partial charge >= 0.3 is 11.7 Å². The van der Waals surface area contributed by atoms with Crippen LogP contribution in [0.3, 0.4) is 0 Å². The highest BCUT2D eigenvalue weighted by molar-refractivity contribution is 7.97. The maximum atomic E-state index is 15.2. The fourth-order valence-electron chi connectivity index (χ4n) is 3.51. The largest absolute Gasteiger partial charge is 0.477 e. The maximum Gasteiger partial charge on any atom is 0.341 e. The molecule has 1 aliphatic carbocycles. The van der Waals surface area contributed by atoms with E-state index < -0.39 is 33.4 Å². The molecule has 30 heavy (non-hydrogen) atoms. The Balaban J connectivity index is 2.17. The Morgan fingerprint density at radius 2 is 2.03 bits per heavy atom. The Bertz CT molecular complexity index is 1300. The SMILES string of the molecule is NSc1cc(-c2c(F)cc3c(=O)c(C(=O)O)cn(C4CC4)c3c2[N+](=O)[O-])ccc1N. The van der Waals surface area contributed by atoms with Crippen molar-refractivity contribution in [1.29, 1.82) is 0 Å². The second-order valence-corrected chi connectivity index (χ2v) is 7.60. The van der Waals surface area contributed by atoms with E-state index >= 15 is 4.39 Å². The summed E-state index contributed by atoms with van der Waals surface area (Å²) in [5.41, 5.74) is 3.74. The monoisotopic (exact) mass is 430 g/mol. The Morgan fingerprint density at radius 1 is 1.33 bits per heavy atom. The van der Waals surface area contributed by atoms with E-state index in [1.165, 1.54) is 22.8 Å². The molecule has 154 valence electrons. The Morgan fingerprint density at radius 3 is 2.60 bits per heavy atom. The highest BCUT2D eigenvalue weighted by atomic mass is 32.2. The zero-order valence-corrected chi connectivity index (χ0v) is 16.1. The Hall–Kier alpha value is -3.44. The average molecular weight is 430 g/mol. The number of nitro groups is 1. The van der Waals surface area contributed by atoms with Crippen molar-refractivity contribution in [3.8, 4) is 11.1 Å². The molecule has 1 saturated carbocycles. The van der Waals surface area contributed by atoms with E-state index in [0.717, 1.165) is 24.2 Å². The molecule has 9 nitrogen and oxygen atoms in total. The summed E-state index contributed by atoms with van der Waals surface area (Å²) in [5.74, 6) is -2.50. The minimum Gasteiger partial charge on any atom is -0.477 e. The first-order chi connectivity index (χ1) is 14.2. The summed E-state index contributed by atoms with van der Waals surface area (Å²) in [6.45, 7) is 0. The van der Waals surface area contributed by atoms with Crippen LogP contribution in [0, 0.1) is 15.9 Å². The van der Waals surface area contributed by atoms with Crippen LogP contribution in [-0.4, -0.2) is 20.6 Å². The lowest BCUT2D eigenvalue weighted by Crippen LogP contribution is -2.20. The molecule has 0 atom stereocenters. The second kappa shape index (κ2) is 7.11. The summed E-state index contributed by atoms with van der Waals surface area (Å²) >= 11 is 0.816. The molecule has 1 fully saturated rings. The number of pyridine rings is 1. The third-order valence-corrected chi connectivity index (χ3v) is 5.63. The molecule has 1 aliphatic rings. The Kier molecular flexibility index (Phi) is 4.71. The van der Waals surface area contributed by atoms with Crippen molar-refractivity contribution < 1.29 is 19.2 Å². The van der Waals surface area contributed by atoms with Crippen LogP contribution in [0.2, 0.25) is 0 Å². The number of halogens is 1. The fourth-order valence-corrected chi connectivity index (χ4v) is 3.90. The molecular weight excluding hydrogens is 415 g/mol. The number of benzene rings is 2. The zero-order valence-electron chi connectivity index (χ0n) is 15.3. The van der Waals surface area contributed by atoms with E-state index in [2.05, 4.69) is 0 Å². The second-order valence-electron chi connectivity index (χ2n) is 6.92. The van der Waals surface area contributed by atoms with Crippen LogP contribution in [-0.2, 0) is 0 Å². The van der Waals surface area contributed by atoms with Crippen molar-refractivity contribution in [3.63, 3.8) is 0 Å². The van der Waals surface area contributed by atoms with Crippen LogP contribution in [0.15, 0.2) is 40.2 Å². The number of carbonyl (C=O) groups is 1. The van der Waals surface area contributed by atoms with Gasteiger partial charge in [-0.15, -0.1) is 0 Å². The molecular formula is C19H15FN4O5S. The molecule has 1 heterocycles. The number of rotatable bonds is 5. The predicted molar refractivity (Wildman–Crippen MR) is 110 cm³/mol. The first kappa shape index (κ1) is 19.9. The molecule has 4 rings (SSSR count). The zero-order chi connectivity index (χ0) is 21.7. The third-order valence-electron chi connectivity index (χ3n) is 5.02. The van der Waals surface area contributed by atoms with Gasteiger partial charge in [0.05, 0.1) is 15.9 Å². The van der Waals surface area contributed by atoms with Gasteiger partial charge in [-0.05, 0) is 48.6 Å². The number of carboxylic acids is 1. The molecule has 1 aromatic heterocycles. The van der Waals surface area contributed by atoms with Crippen molar-refractivity contribution >= 4 is 40.2 Å². The molecule has 5 N–H and O–H groups in total. The Labute approximate surface area is 172 Å². The number of nitrogens with zero attached hydrogens (tertiary/aromatic N) is 2. The number of nitrogen functional groups attached to an aromatic ring is 1. The van der Waals surface area contributed by atoms with Gasteiger partial charge in [0.25, 0.3) is 0 Å². The van der Waals surface area contributed by atoms with Gasteiger partial charge in [-0.3, -0.25) is 20.0 Å². The molecule has 0 amide bonds. The topological polar surface area (TPSA) is 154 Å². The normalized spacial score (nSPS) is 13.5. The number of anilines is 1. The number of aromatic nitrogens is 1. The van der Waals surface area contributed by atoms with Crippen molar-refractivity contribution in [1.82, 2.24) is 4.57 Å². The van der Waals surface area contributed by atoms with Gasteiger partial charge in [0.15, 0.2) is 0 Å². The van der Waals surface area contributed by atoms with Crippen LogP contribution in [0.4, 0.5) is 15.8 Å². The van der Waals surface area contributed by atoms with E-state index in [9.17, 15) is 24.8 Å². The number of aromatic carboxylic acids is 1. The van der Waals surface area contributed by atoms with Gasteiger partial charge in [-0.2, -0.15) is 0 Å². The number of hydrogen-bond acceptors (Lipinski definition) is 7. The summed E-state index contributed by atoms with van der Waals surface area (Å²) in [7, 11) is 0. The highest BCUT2D eigenvalue weighted by Gasteiger charge is 2.34. The standard InChI is InChI=1S/C19H15FN4O5S/c20-12-6-10-16(23(9-2-3-9)7-11(18(10)25)19(26)27)17(24(28)29)15(12)8-1-4-13(21)14(5-8)30-22/h1,4-7,9H,2-3,21-22H2,(H,26,27). The van der Waals surface area contributed by atoms with Crippen molar-refractivity contribution in [2.24, 2.45) is 5.14 Å². The first-order valence-electron chi connectivity index (χ1n) is 8.80. The highest BCUT2D eigenvalue weighted by Crippen LogP contribution is 2.44. The molecule has 3 aromatic rings. The fraction of sp³-hybridized carbons (Fsp3) is 0.158. The summed E-state index contributed by atoms with van der Waals surface area (Å²) in [5, 5.41) is 26.6. The minimum atomic E-state index is -1.48. The molecule has 0 aliphatic heterocycles. The van der Waals surface area contributed by atoms with Gasteiger partial charge in [0.2, 0.25) is 5.43 Å². The number of fused-ring (bicyclic) bond motifs is 1. The molecule has 2 aromatic carbocycles. The molecule has 0 saturated heterocycles. The number of hydrogen-bond donors (Lipinski definition) is 3. The maximum absolute atomic E-state index is 15.2. The molecule has 0 spiro atoms. The first-order valence-corrected chi connectivity index (χ1v) is 9.68. The molecule has 11 heteroatoms. The van der Waals surface area contributed by atoms with Crippen LogP contribution < -0.4 is 16.3 Å². The minimum absolute atomic E-state index is 0.104. The van der Waals surface area contributed by atoms with Gasteiger partial charge in [-0.25, -0.2) is 9.18 Å². The van der Waals surface area contributed by atoms with Crippen molar-refractivity contribution in [3.05, 3.63) is 62.2 Å². The van der Waals surface area contributed by atoms with Crippen molar-refractivity contribution in [2.75, 3.05) is 5.73 Å². The lowest BCUT2D eigenvalue weighted by molar-refractivity contribution is -0.382. The number of nitrogens with two attached hydrogens (primary N) is 2. The number of nitro benzene ring substituents is 1. The van der Waals surface area contributed by atoms with Gasteiger partial charge in [0, 0.05) is 22.8 Å². The molecule has 0 bridgehead atoms. The summed E-state index contributed by atoms with van der Waals surface area (Å²) < 4.78 is 16.6. The van der Waals surface area contributed by atoms with Gasteiger partial charge < -0.3 is 15.4 Å². The summed E-state index contributed by atoms with van der Waals surface area (Å²) in [4.78, 5) is 35.9. The van der Waals surface area contributed by atoms with Gasteiger partial charge in [0.1, 0.15) is 16.9 Å². The van der Waals surface area contributed by atoms with E-state index in [4.69, 9.17) is 10.9 Å². The van der Waals surface area contributed by atoms with Crippen LogP contribution in [0.5, 0.6) is 0 Å². The lowest BCUT2D eigenvalue weighted by Gasteiger charge is -2.15. The van der Waals surface area contributed by atoms with E-state index in [0.29, 0.717) is 23.4 Å². The van der Waals surface area contributed by atoms with Crippen molar-refractivity contribution in [2.45, 2.75) is 23.8 Å². The molecule has 0 radical (unpaired) electrons. The van der Waals surface area contributed by atoms with E-state index in [1.807, 2.05) is 0 Å². The van der Waals surface area contributed by atoms with Crippen LogP contribution in [0.25, 0.3) is 22.0 Å². The predicted octanol–water partition coefficient (Wildman–Crippen LogP) is 3.30. The van der Waals surface area contributed by atoms with Crippen LogP contribution >= 0.6 is 11.9 Å². The summed E-state index contributed by atoms with van der Waals surface area (Å²) in [6, 6.07) is 4.97. The average Bonchev–Trinajstić information content (AvgIpc) is 3.53. The van der Waals surface area contributed by atoms with Gasteiger partial charge in [-0.1, -0.05) is 6.07 Å². The number of carboxylic acid groups (broad SMARTS) is 1. The quantitative estimate of drug-likeness (QED) is 0.241. The summed E-state index contributed by atoms with van der Waals surface area (Å²) in [6.07, 6.45) is 2.43. The smallest absolute Gasteiger partial charge is 0.341 e. The third kappa shape index (κ3) is 3.08. The van der Waals surface area contributed by atoms with Crippen LogP contribution in [0.1, 0.15) is 29.2 Å². The lowest BCUT2D eigenvalue weighted by atomic mass is 9.98.